The lowest BCUT2D eigenvalue weighted by molar-refractivity contribution is 0.0674. The van der Waals surface area contributed by atoms with E-state index in [4.69, 9.17) is 16.3 Å². The SMILES string of the molecule is Cc1cc(Nc2ncc(Cl)c(Nc3ccccc3S(=O)(=O)C(C)C)n2)c(OC(C)C)cc1N1CCC(N2CCN(Cc3ccc4c(c3F)CN(C3CCCNC3)C4=O)CC2)CC1. The third-order valence-corrected chi connectivity index (χ3v) is 15.2. The van der Waals surface area contributed by atoms with Crippen LogP contribution in [0.25, 0.3) is 0 Å². The average Bonchev–Trinajstić information content (AvgIpc) is 3.61. The number of hydrogen-bond donors (Lipinski definition) is 3. The van der Waals surface area contributed by atoms with E-state index >= 15 is 4.39 Å². The van der Waals surface area contributed by atoms with Gasteiger partial charge in [0.1, 0.15) is 16.6 Å². The molecule has 3 aromatic carbocycles. The number of halogens is 2. The number of sulfone groups is 1. The van der Waals surface area contributed by atoms with Crippen LogP contribution in [0, 0.1) is 12.7 Å². The molecule has 13 nitrogen and oxygen atoms in total. The number of nitrogens with one attached hydrogen (secondary N) is 3. The van der Waals surface area contributed by atoms with Crippen LogP contribution in [0.5, 0.6) is 5.75 Å². The Hall–Kier alpha value is -4.54. The second-order valence-electron chi connectivity index (χ2n) is 17.6. The zero-order valence-electron chi connectivity index (χ0n) is 36.4. The van der Waals surface area contributed by atoms with Crippen LogP contribution in [-0.2, 0) is 22.9 Å². The summed E-state index contributed by atoms with van der Waals surface area (Å²) in [6.07, 6.45) is 5.46. The van der Waals surface area contributed by atoms with Crippen molar-refractivity contribution < 1.29 is 22.3 Å². The third-order valence-electron chi connectivity index (χ3n) is 12.7. The minimum Gasteiger partial charge on any atom is -0.489 e. The number of benzene rings is 3. The molecule has 5 heterocycles. The second kappa shape index (κ2) is 18.7. The van der Waals surface area contributed by atoms with Crippen molar-refractivity contribution in [3.8, 4) is 5.75 Å². The van der Waals surface area contributed by atoms with E-state index in [1.807, 2.05) is 30.9 Å². The Kier molecular flexibility index (Phi) is 13.3. The van der Waals surface area contributed by atoms with Gasteiger partial charge in [-0.2, -0.15) is 4.98 Å². The Morgan fingerprint density at radius 2 is 1.71 bits per heavy atom. The fourth-order valence-electron chi connectivity index (χ4n) is 9.24. The number of carbonyl (C=O) groups excluding carboxylic acids is 1. The monoisotopic (exact) mass is 887 g/mol. The molecular formula is C46H59ClFN9O4S. The van der Waals surface area contributed by atoms with Gasteiger partial charge in [-0.15, -0.1) is 0 Å². The van der Waals surface area contributed by atoms with Crippen LogP contribution in [0.15, 0.2) is 59.6 Å². The fourth-order valence-corrected chi connectivity index (χ4v) is 10.6. The average molecular weight is 889 g/mol. The zero-order chi connectivity index (χ0) is 43.7. The van der Waals surface area contributed by atoms with Gasteiger partial charge in [-0.25, -0.2) is 17.8 Å². The van der Waals surface area contributed by atoms with Crippen molar-refractivity contribution in [1.29, 1.82) is 0 Å². The topological polar surface area (TPSA) is 135 Å². The van der Waals surface area contributed by atoms with Gasteiger partial charge in [0.15, 0.2) is 15.7 Å². The molecule has 8 rings (SSSR count). The van der Waals surface area contributed by atoms with Crippen LogP contribution in [0.1, 0.15) is 80.4 Å². The van der Waals surface area contributed by atoms with Crippen LogP contribution in [0.2, 0.25) is 5.02 Å². The third kappa shape index (κ3) is 9.37. The van der Waals surface area contributed by atoms with E-state index in [1.165, 1.54) is 6.20 Å². The first kappa shape index (κ1) is 44.1. The highest BCUT2D eigenvalue weighted by atomic mass is 35.5. The number of rotatable bonds is 13. The highest BCUT2D eigenvalue weighted by Gasteiger charge is 2.36. The molecule has 332 valence electrons. The summed E-state index contributed by atoms with van der Waals surface area (Å²) in [5.74, 6) is 0.966. The fraction of sp³-hybridized carbons (Fsp3) is 0.500. The first-order chi connectivity index (χ1) is 29.8. The van der Waals surface area contributed by atoms with Crippen molar-refractivity contribution in [2.45, 2.75) is 102 Å². The van der Waals surface area contributed by atoms with Crippen LogP contribution in [0.3, 0.4) is 0 Å². The van der Waals surface area contributed by atoms with Gasteiger partial charge in [-0.05, 0) is 96.7 Å². The van der Waals surface area contributed by atoms with E-state index in [9.17, 15) is 13.2 Å². The van der Waals surface area contributed by atoms with Gasteiger partial charge in [0.25, 0.3) is 5.91 Å². The van der Waals surface area contributed by atoms with Crippen molar-refractivity contribution in [1.82, 2.24) is 30.0 Å². The predicted molar refractivity (Wildman–Crippen MR) is 244 cm³/mol. The summed E-state index contributed by atoms with van der Waals surface area (Å²) >= 11 is 6.53. The molecule has 0 saturated carbocycles. The van der Waals surface area contributed by atoms with E-state index < -0.39 is 15.1 Å². The first-order valence-electron chi connectivity index (χ1n) is 22.0. The molecule has 4 aromatic rings. The Labute approximate surface area is 370 Å². The number of carbonyl (C=O) groups is 1. The van der Waals surface area contributed by atoms with Crippen LogP contribution in [-0.4, -0.2) is 115 Å². The molecule has 3 N–H and O–H groups in total. The van der Waals surface area contributed by atoms with Crippen molar-refractivity contribution >= 4 is 56.2 Å². The maximum Gasteiger partial charge on any atom is 0.254 e. The number of piperazine rings is 1. The van der Waals surface area contributed by atoms with Crippen molar-refractivity contribution in [2.24, 2.45) is 0 Å². The van der Waals surface area contributed by atoms with E-state index in [1.54, 1.807) is 38.1 Å². The number of piperidine rings is 2. The summed E-state index contributed by atoms with van der Waals surface area (Å²) in [6, 6.07) is 15.1. The van der Waals surface area contributed by atoms with E-state index in [0.29, 0.717) is 52.9 Å². The lowest BCUT2D eigenvalue weighted by Crippen LogP contribution is -2.53. The number of aromatic nitrogens is 2. The van der Waals surface area contributed by atoms with Crippen LogP contribution >= 0.6 is 11.6 Å². The van der Waals surface area contributed by atoms with Gasteiger partial charge in [0.2, 0.25) is 5.95 Å². The largest absolute Gasteiger partial charge is 0.489 e. The number of hydrogen-bond acceptors (Lipinski definition) is 12. The molecule has 4 aliphatic rings. The Balaban J connectivity index is 0.881. The number of aryl methyl sites for hydroxylation is 1. The molecule has 4 aliphatic heterocycles. The Morgan fingerprint density at radius 1 is 0.952 bits per heavy atom. The smallest absolute Gasteiger partial charge is 0.254 e. The highest BCUT2D eigenvalue weighted by Crippen LogP contribution is 2.38. The van der Waals surface area contributed by atoms with Gasteiger partial charge >= 0.3 is 0 Å². The molecule has 1 atom stereocenters. The lowest BCUT2D eigenvalue weighted by Gasteiger charge is -2.43. The molecule has 1 aromatic heterocycles. The summed E-state index contributed by atoms with van der Waals surface area (Å²) in [4.78, 5) is 31.7. The summed E-state index contributed by atoms with van der Waals surface area (Å²) in [6.45, 7) is 17.5. The van der Waals surface area contributed by atoms with Crippen LogP contribution in [0.4, 0.5) is 33.2 Å². The summed E-state index contributed by atoms with van der Waals surface area (Å²) < 4.78 is 48.5. The highest BCUT2D eigenvalue weighted by molar-refractivity contribution is 7.92. The molecule has 0 bridgehead atoms. The first-order valence-corrected chi connectivity index (χ1v) is 23.9. The number of anilines is 5. The molecule has 62 heavy (non-hydrogen) atoms. The normalized spacial score (nSPS) is 19.4. The van der Waals surface area contributed by atoms with E-state index in [-0.39, 0.29) is 45.6 Å². The molecule has 0 spiro atoms. The number of ether oxygens (including phenoxy) is 1. The minimum atomic E-state index is -3.57. The van der Waals surface area contributed by atoms with Gasteiger partial charge < -0.3 is 30.5 Å². The molecule has 1 amide bonds. The predicted octanol–water partition coefficient (Wildman–Crippen LogP) is 7.53. The summed E-state index contributed by atoms with van der Waals surface area (Å²) in [7, 11) is -3.57. The summed E-state index contributed by atoms with van der Waals surface area (Å²) in [5, 5.41) is 9.48. The standard InChI is InChI=1S/C46H59ClFN9O4S/c1-29(2)61-41-24-40(31(5)23-39(41)52-46-50-26-37(47)44(53-46)51-38-10-6-7-11-42(38)62(59,60)30(3)4)56-17-14-33(15-18-56)55-21-19-54(20-22-55)27-32-12-13-35-36(43(32)48)28-57(45(35)58)34-9-8-16-49-25-34/h6-7,10-13,23-24,26,29-30,33-34,49H,8-9,14-22,25,27-28H2,1-5H3,(H2,50,51,52,53). The number of fused-ring (bicyclic) bond motifs is 1. The molecule has 1 unspecified atom stereocenters. The van der Waals surface area contributed by atoms with Crippen molar-refractivity contribution in [3.63, 3.8) is 0 Å². The summed E-state index contributed by atoms with van der Waals surface area (Å²) in [5.41, 5.74) is 5.05. The maximum absolute atomic E-state index is 15.9. The number of nitrogens with zero attached hydrogens (tertiary/aromatic N) is 6. The molecule has 16 heteroatoms. The molecular weight excluding hydrogens is 829 g/mol. The van der Waals surface area contributed by atoms with Gasteiger partial charge in [0, 0.05) is 92.9 Å². The minimum absolute atomic E-state index is 0.0385. The number of amides is 1. The van der Waals surface area contributed by atoms with Gasteiger partial charge in [-0.3, -0.25) is 14.6 Å². The molecule has 0 aliphatic carbocycles. The van der Waals surface area contributed by atoms with Gasteiger partial charge in [0.05, 0.1) is 40.4 Å². The van der Waals surface area contributed by atoms with Crippen molar-refractivity contribution in [3.05, 3.63) is 87.8 Å². The Morgan fingerprint density at radius 3 is 2.42 bits per heavy atom. The Bertz CT molecular complexity index is 2380. The zero-order valence-corrected chi connectivity index (χ0v) is 38.0. The van der Waals surface area contributed by atoms with Gasteiger partial charge in [-0.1, -0.05) is 29.8 Å². The quantitative estimate of drug-likeness (QED) is 0.123. The molecule has 3 fully saturated rings. The van der Waals surface area contributed by atoms with E-state index in [2.05, 4.69) is 59.7 Å². The lowest BCUT2D eigenvalue weighted by atomic mass is 10.00. The maximum atomic E-state index is 15.9. The number of para-hydroxylation sites is 1. The second-order valence-corrected chi connectivity index (χ2v) is 20.4. The van der Waals surface area contributed by atoms with E-state index in [0.717, 1.165) is 89.3 Å². The molecule has 3 saturated heterocycles. The molecule has 0 radical (unpaired) electrons. The van der Waals surface area contributed by atoms with Crippen molar-refractivity contribution in [2.75, 3.05) is 67.9 Å². The van der Waals surface area contributed by atoms with Crippen LogP contribution < -0.4 is 25.6 Å².